The Balaban J connectivity index is 3.14. The molecule has 0 heterocycles. The molecule has 0 saturated heterocycles. The van der Waals surface area contributed by atoms with Crippen LogP contribution in [0.3, 0.4) is 0 Å². The van der Waals surface area contributed by atoms with E-state index in [1.165, 1.54) is 6.07 Å². The Hall–Kier alpha value is -1.07. The third-order valence-electron chi connectivity index (χ3n) is 2.67. The number of rotatable bonds is 3. The van der Waals surface area contributed by atoms with Crippen LogP contribution in [-0.2, 0) is 0 Å². The average Bonchev–Trinajstić information content (AvgIpc) is 2.24. The fourth-order valence-corrected chi connectivity index (χ4v) is 1.68. The molecule has 0 radical (unpaired) electrons. The van der Waals surface area contributed by atoms with E-state index in [0.717, 1.165) is 6.42 Å². The lowest BCUT2D eigenvalue weighted by Gasteiger charge is -2.16. The Bertz CT molecular complexity index is 384. The molecule has 0 bridgehead atoms. The summed E-state index contributed by atoms with van der Waals surface area (Å²) in [4.78, 5) is 0. The van der Waals surface area contributed by atoms with Gasteiger partial charge in [0.25, 0.3) is 0 Å². The van der Waals surface area contributed by atoms with Gasteiger partial charge in [0.1, 0.15) is 5.82 Å². The number of hydrogen-bond acceptors (Lipinski definition) is 1. The number of nitriles is 1. The summed E-state index contributed by atoms with van der Waals surface area (Å²) in [5, 5.41) is 9.12. The maximum absolute atomic E-state index is 13.7. The van der Waals surface area contributed by atoms with Crippen LogP contribution in [0.2, 0.25) is 5.02 Å². The minimum Gasteiger partial charge on any atom is -0.205 e. The second-order valence-corrected chi connectivity index (χ2v) is 4.04. The summed E-state index contributed by atoms with van der Waals surface area (Å²) in [5.41, 5.74) is 0.402. The Kier molecular flexibility index (Phi) is 4.11. The zero-order valence-corrected chi connectivity index (χ0v) is 9.55. The molecule has 15 heavy (non-hydrogen) atoms. The monoisotopic (exact) mass is 225 g/mol. The number of hydrogen-bond donors (Lipinski definition) is 0. The summed E-state index contributed by atoms with van der Waals surface area (Å²) in [5.74, 6) is -0.761. The van der Waals surface area contributed by atoms with E-state index in [9.17, 15) is 4.39 Å². The highest BCUT2D eigenvalue weighted by Gasteiger charge is 2.21. The lowest BCUT2D eigenvalue weighted by atomic mass is 9.86. The second kappa shape index (κ2) is 5.14. The first-order valence-electron chi connectivity index (χ1n) is 4.95. The topological polar surface area (TPSA) is 23.8 Å². The Morgan fingerprint density at radius 1 is 1.53 bits per heavy atom. The van der Waals surface area contributed by atoms with Crippen LogP contribution >= 0.6 is 11.6 Å². The van der Waals surface area contributed by atoms with Crippen LogP contribution < -0.4 is 0 Å². The van der Waals surface area contributed by atoms with Crippen molar-refractivity contribution in [3.8, 4) is 6.07 Å². The first-order valence-corrected chi connectivity index (χ1v) is 5.33. The summed E-state index contributed by atoms with van der Waals surface area (Å²) < 4.78 is 13.7. The van der Waals surface area contributed by atoms with Gasteiger partial charge in [0.15, 0.2) is 0 Å². The lowest BCUT2D eigenvalue weighted by molar-refractivity contribution is 0.492. The van der Waals surface area contributed by atoms with E-state index >= 15 is 0 Å². The van der Waals surface area contributed by atoms with Gasteiger partial charge in [-0.2, -0.15) is 5.26 Å². The first-order chi connectivity index (χ1) is 7.11. The zero-order chi connectivity index (χ0) is 11.4. The van der Waals surface area contributed by atoms with E-state index < -0.39 is 11.7 Å². The molecule has 0 spiro atoms. The van der Waals surface area contributed by atoms with Gasteiger partial charge in [-0.3, -0.25) is 0 Å². The van der Waals surface area contributed by atoms with E-state index in [0.29, 0.717) is 5.56 Å². The van der Waals surface area contributed by atoms with Crippen LogP contribution in [-0.4, -0.2) is 0 Å². The summed E-state index contributed by atoms with van der Waals surface area (Å²) in [6, 6.07) is 6.93. The highest BCUT2D eigenvalue weighted by Crippen LogP contribution is 2.30. The Morgan fingerprint density at radius 3 is 2.73 bits per heavy atom. The van der Waals surface area contributed by atoms with Crippen LogP contribution in [0.1, 0.15) is 31.7 Å². The molecule has 1 aromatic rings. The van der Waals surface area contributed by atoms with Crippen molar-refractivity contribution in [3.05, 3.63) is 34.6 Å². The molecular formula is C12H13ClFN. The van der Waals surface area contributed by atoms with Crippen LogP contribution in [0, 0.1) is 23.1 Å². The number of nitrogens with zero attached hydrogens (tertiary/aromatic N) is 1. The fraction of sp³-hybridized carbons (Fsp3) is 0.417. The SMILES string of the molecule is CCC(C)C(C#N)c1cccc(Cl)c1F. The predicted octanol–water partition coefficient (Wildman–Crippen LogP) is 4.13. The van der Waals surface area contributed by atoms with Crippen LogP contribution in [0.4, 0.5) is 4.39 Å². The largest absolute Gasteiger partial charge is 0.205 e. The molecule has 1 nitrogen and oxygen atoms in total. The van der Waals surface area contributed by atoms with Gasteiger partial charge in [-0.1, -0.05) is 44.0 Å². The standard InChI is InChI=1S/C12H13ClFN/c1-3-8(2)10(7-15)9-5-4-6-11(13)12(9)14/h4-6,8,10H,3H2,1-2H3. The molecule has 0 amide bonds. The van der Waals surface area contributed by atoms with Gasteiger partial charge in [-0.25, -0.2) is 4.39 Å². The maximum Gasteiger partial charge on any atom is 0.146 e. The highest BCUT2D eigenvalue weighted by molar-refractivity contribution is 6.30. The smallest absolute Gasteiger partial charge is 0.146 e. The summed E-state index contributed by atoms with van der Waals surface area (Å²) in [6.45, 7) is 3.92. The minimum absolute atomic E-state index is 0.0797. The van der Waals surface area contributed by atoms with Crippen molar-refractivity contribution in [3.63, 3.8) is 0 Å². The minimum atomic E-state index is -0.467. The summed E-state index contributed by atoms with van der Waals surface area (Å²) >= 11 is 5.68. The van der Waals surface area contributed by atoms with Crippen molar-refractivity contribution >= 4 is 11.6 Å². The second-order valence-electron chi connectivity index (χ2n) is 3.64. The zero-order valence-electron chi connectivity index (χ0n) is 8.80. The van der Waals surface area contributed by atoms with Gasteiger partial charge in [0.2, 0.25) is 0 Å². The van der Waals surface area contributed by atoms with E-state index in [-0.39, 0.29) is 10.9 Å². The van der Waals surface area contributed by atoms with Gasteiger partial charge in [0, 0.05) is 5.56 Å². The van der Waals surface area contributed by atoms with E-state index in [4.69, 9.17) is 16.9 Å². The van der Waals surface area contributed by atoms with Gasteiger partial charge in [0.05, 0.1) is 17.0 Å². The Morgan fingerprint density at radius 2 is 2.20 bits per heavy atom. The molecule has 0 N–H and O–H groups in total. The third kappa shape index (κ3) is 2.49. The molecule has 0 aliphatic carbocycles. The van der Waals surface area contributed by atoms with E-state index in [2.05, 4.69) is 6.07 Å². The van der Waals surface area contributed by atoms with Crippen LogP contribution in [0.15, 0.2) is 18.2 Å². The molecule has 80 valence electrons. The van der Waals surface area contributed by atoms with Crippen molar-refractivity contribution in [1.29, 1.82) is 5.26 Å². The molecule has 2 unspecified atom stereocenters. The van der Waals surface area contributed by atoms with Crippen LogP contribution in [0.5, 0.6) is 0 Å². The van der Waals surface area contributed by atoms with Gasteiger partial charge < -0.3 is 0 Å². The molecular weight excluding hydrogens is 213 g/mol. The summed E-state index contributed by atoms with van der Waals surface area (Å²) in [7, 11) is 0. The number of halogens is 2. The molecule has 0 saturated carbocycles. The number of benzene rings is 1. The molecule has 0 aromatic heterocycles. The molecule has 3 heteroatoms. The quantitative estimate of drug-likeness (QED) is 0.759. The predicted molar refractivity (Wildman–Crippen MR) is 59.2 cm³/mol. The first kappa shape index (κ1) is 12.0. The Labute approximate surface area is 94.5 Å². The van der Waals surface area contributed by atoms with Gasteiger partial charge >= 0.3 is 0 Å². The van der Waals surface area contributed by atoms with Crippen molar-refractivity contribution in [2.24, 2.45) is 5.92 Å². The average molecular weight is 226 g/mol. The van der Waals surface area contributed by atoms with Gasteiger partial charge in [-0.15, -0.1) is 0 Å². The van der Waals surface area contributed by atoms with E-state index in [1.54, 1.807) is 12.1 Å². The third-order valence-corrected chi connectivity index (χ3v) is 2.96. The molecule has 2 atom stereocenters. The van der Waals surface area contributed by atoms with Crippen molar-refractivity contribution in [2.75, 3.05) is 0 Å². The summed E-state index contributed by atoms with van der Waals surface area (Å²) in [6.07, 6.45) is 0.837. The highest BCUT2D eigenvalue weighted by atomic mass is 35.5. The van der Waals surface area contributed by atoms with Crippen molar-refractivity contribution in [1.82, 2.24) is 0 Å². The normalized spacial score (nSPS) is 14.3. The lowest BCUT2D eigenvalue weighted by Crippen LogP contribution is -2.09. The maximum atomic E-state index is 13.7. The molecule has 0 aliphatic rings. The fourth-order valence-electron chi connectivity index (χ4n) is 1.50. The molecule has 1 aromatic carbocycles. The van der Waals surface area contributed by atoms with E-state index in [1.807, 2.05) is 13.8 Å². The van der Waals surface area contributed by atoms with Crippen LogP contribution in [0.25, 0.3) is 0 Å². The molecule has 0 aliphatic heterocycles. The van der Waals surface area contributed by atoms with Gasteiger partial charge in [-0.05, 0) is 12.0 Å². The molecule has 0 fully saturated rings. The molecule has 1 rings (SSSR count). The van der Waals surface area contributed by atoms with Crippen molar-refractivity contribution in [2.45, 2.75) is 26.2 Å². The van der Waals surface area contributed by atoms with Crippen molar-refractivity contribution < 1.29 is 4.39 Å².